The standard InChI is InChI=1S/C20H28N2O3/c1-14-8-9-17(15(2)12-14)19(20(24)25)21-10-11-22(18(23)13-21)16-6-4-3-5-7-16/h8-9,12,16,19H,3-7,10-11,13H2,1-2H3,(H,24,25)/t19-/m1/s1. The second-order valence-electron chi connectivity index (χ2n) is 7.45. The number of carboxylic acid groups (broad SMARTS) is 1. The van der Waals surface area contributed by atoms with Gasteiger partial charge in [-0.15, -0.1) is 0 Å². The van der Waals surface area contributed by atoms with E-state index in [4.69, 9.17) is 0 Å². The Labute approximate surface area is 149 Å². The van der Waals surface area contributed by atoms with Crippen LogP contribution >= 0.6 is 0 Å². The maximum Gasteiger partial charge on any atom is 0.325 e. The van der Waals surface area contributed by atoms with Crippen LogP contribution in [0.4, 0.5) is 0 Å². The number of rotatable bonds is 4. The van der Waals surface area contributed by atoms with Gasteiger partial charge in [0.25, 0.3) is 0 Å². The van der Waals surface area contributed by atoms with Crippen molar-refractivity contribution in [2.24, 2.45) is 0 Å². The molecule has 5 nitrogen and oxygen atoms in total. The van der Waals surface area contributed by atoms with E-state index in [1.54, 1.807) is 0 Å². The number of carboxylic acids is 1. The lowest BCUT2D eigenvalue weighted by atomic mass is 9.93. The third-order valence-corrected chi connectivity index (χ3v) is 5.62. The number of aliphatic carboxylic acids is 1. The van der Waals surface area contributed by atoms with Gasteiger partial charge in [-0.2, -0.15) is 0 Å². The third kappa shape index (κ3) is 3.87. The molecule has 136 valence electrons. The summed E-state index contributed by atoms with van der Waals surface area (Å²) in [5.74, 6) is -0.806. The molecule has 0 unspecified atom stereocenters. The van der Waals surface area contributed by atoms with Crippen molar-refractivity contribution in [3.63, 3.8) is 0 Å². The molecule has 1 atom stereocenters. The molecule has 5 heteroatoms. The SMILES string of the molecule is Cc1ccc([C@H](C(=O)O)N2CCN(C3CCCCC3)C(=O)C2)c(C)c1. The molecule has 1 saturated heterocycles. The maximum atomic E-state index is 12.7. The van der Waals surface area contributed by atoms with Gasteiger partial charge in [-0.05, 0) is 37.8 Å². The van der Waals surface area contributed by atoms with Crippen molar-refractivity contribution >= 4 is 11.9 Å². The van der Waals surface area contributed by atoms with Gasteiger partial charge in [0, 0.05) is 19.1 Å². The van der Waals surface area contributed by atoms with E-state index in [-0.39, 0.29) is 12.5 Å². The lowest BCUT2D eigenvalue weighted by molar-refractivity contribution is -0.149. The first-order valence-corrected chi connectivity index (χ1v) is 9.31. The molecule has 1 heterocycles. The second-order valence-corrected chi connectivity index (χ2v) is 7.45. The summed E-state index contributed by atoms with van der Waals surface area (Å²) in [6.07, 6.45) is 5.83. The highest BCUT2D eigenvalue weighted by molar-refractivity contribution is 5.82. The van der Waals surface area contributed by atoms with Gasteiger partial charge in [0.1, 0.15) is 6.04 Å². The average molecular weight is 344 g/mol. The normalized spacial score (nSPS) is 21.4. The van der Waals surface area contributed by atoms with Gasteiger partial charge in [0.15, 0.2) is 0 Å². The number of nitrogens with zero attached hydrogens (tertiary/aromatic N) is 2. The highest BCUT2D eigenvalue weighted by Crippen LogP contribution is 2.29. The number of benzene rings is 1. The van der Waals surface area contributed by atoms with Gasteiger partial charge < -0.3 is 10.0 Å². The van der Waals surface area contributed by atoms with Crippen molar-refractivity contribution in [2.75, 3.05) is 19.6 Å². The fourth-order valence-corrected chi connectivity index (χ4v) is 4.32. The van der Waals surface area contributed by atoms with Gasteiger partial charge in [-0.3, -0.25) is 14.5 Å². The number of amides is 1. The van der Waals surface area contributed by atoms with Crippen molar-refractivity contribution in [1.82, 2.24) is 9.80 Å². The molecule has 1 aliphatic heterocycles. The Bertz CT molecular complexity index is 652. The first-order chi connectivity index (χ1) is 12.0. The molecule has 2 aliphatic rings. The minimum Gasteiger partial charge on any atom is -0.480 e. The molecule has 25 heavy (non-hydrogen) atoms. The van der Waals surface area contributed by atoms with Crippen LogP contribution in [0.2, 0.25) is 0 Å². The molecular weight excluding hydrogens is 316 g/mol. The molecule has 1 aliphatic carbocycles. The molecule has 1 N–H and O–H groups in total. The minimum absolute atomic E-state index is 0.0779. The summed E-state index contributed by atoms with van der Waals surface area (Å²) in [4.78, 5) is 28.5. The van der Waals surface area contributed by atoms with E-state index < -0.39 is 12.0 Å². The van der Waals surface area contributed by atoms with Crippen LogP contribution in [0.1, 0.15) is 54.8 Å². The molecule has 0 aromatic heterocycles. The Morgan fingerprint density at radius 3 is 2.48 bits per heavy atom. The summed E-state index contributed by atoms with van der Waals surface area (Å²) in [5.41, 5.74) is 2.87. The number of piperazine rings is 1. The Morgan fingerprint density at radius 1 is 1.16 bits per heavy atom. The summed E-state index contributed by atoms with van der Waals surface area (Å²) in [5, 5.41) is 9.81. The number of carbonyl (C=O) groups excluding carboxylic acids is 1. The van der Waals surface area contributed by atoms with Gasteiger partial charge >= 0.3 is 5.97 Å². The smallest absolute Gasteiger partial charge is 0.325 e. The monoisotopic (exact) mass is 344 g/mol. The summed E-state index contributed by atoms with van der Waals surface area (Å²) < 4.78 is 0. The van der Waals surface area contributed by atoms with Gasteiger partial charge in [0.2, 0.25) is 5.91 Å². The van der Waals surface area contributed by atoms with Crippen LogP contribution < -0.4 is 0 Å². The molecule has 1 amide bonds. The summed E-state index contributed by atoms with van der Waals surface area (Å²) in [6.45, 7) is 5.39. The van der Waals surface area contributed by atoms with E-state index in [2.05, 4.69) is 0 Å². The van der Waals surface area contributed by atoms with Crippen LogP contribution in [0.3, 0.4) is 0 Å². The largest absolute Gasteiger partial charge is 0.480 e. The van der Waals surface area contributed by atoms with E-state index >= 15 is 0 Å². The number of carbonyl (C=O) groups is 2. The van der Waals surface area contributed by atoms with E-state index in [1.165, 1.54) is 19.3 Å². The number of aryl methyl sites for hydroxylation is 2. The molecule has 1 saturated carbocycles. The highest BCUT2D eigenvalue weighted by Gasteiger charge is 2.36. The highest BCUT2D eigenvalue weighted by atomic mass is 16.4. The van der Waals surface area contributed by atoms with Crippen LogP contribution in [0, 0.1) is 13.8 Å². The minimum atomic E-state index is -0.883. The zero-order valence-electron chi connectivity index (χ0n) is 15.2. The predicted octanol–water partition coefficient (Wildman–Crippen LogP) is 2.91. The first kappa shape index (κ1) is 17.9. The van der Waals surface area contributed by atoms with Crippen molar-refractivity contribution in [3.8, 4) is 0 Å². The Hall–Kier alpha value is -1.88. The molecule has 0 bridgehead atoms. The second kappa shape index (κ2) is 7.56. The molecule has 2 fully saturated rings. The topological polar surface area (TPSA) is 60.9 Å². The van der Waals surface area contributed by atoms with Crippen LogP contribution in [0.5, 0.6) is 0 Å². The lowest BCUT2D eigenvalue weighted by Crippen LogP contribution is -2.55. The lowest BCUT2D eigenvalue weighted by Gasteiger charge is -2.42. The Balaban J connectivity index is 1.76. The van der Waals surface area contributed by atoms with E-state index in [0.29, 0.717) is 19.1 Å². The summed E-state index contributed by atoms with van der Waals surface area (Å²) in [7, 11) is 0. The fourth-order valence-electron chi connectivity index (χ4n) is 4.32. The summed E-state index contributed by atoms with van der Waals surface area (Å²) >= 11 is 0. The van der Waals surface area contributed by atoms with Crippen molar-refractivity contribution in [1.29, 1.82) is 0 Å². The molecule has 0 radical (unpaired) electrons. The van der Waals surface area contributed by atoms with E-state index in [9.17, 15) is 14.7 Å². The average Bonchev–Trinajstić information content (AvgIpc) is 2.58. The fraction of sp³-hybridized carbons (Fsp3) is 0.600. The zero-order valence-corrected chi connectivity index (χ0v) is 15.2. The van der Waals surface area contributed by atoms with Crippen LogP contribution in [0.25, 0.3) is 0 Å². The molecule has 1 aromatic rings. The van der Waals surface area contributed by atoms with Crippen LogP contribution in [0.15, 0.2) is 18.2 Å². The quantitative estimate of drug-likeness (QED) is 0.912. The van der Waals surface area contributed by atoms with Crippen molar-refractivity contribution in [2.45, 2.75) is 58.0 Å². The molecule has 1 aromatic carbocycles. The van der Waals surface area contributed by atoms with E-state index in [0.717, 1.165) is 29.5 Å². The van der Waals surface area contributed by atoms with Crippen molar-refractivity contribution in [3.05, 3.63) is 34.9 Å². The van der Waals surface area contributed by atoms with Crippen LogP contribution in [-0.2, 0) is 9.59 Å². The van der Waals surface area contributed by atoms with Crippen LogP contribution in [-0.4, -0.2) is 52.5 Å². The number of hydrogen-bond acceptors (Lipinski definition) is 3. The summed E-state index contributed by atoms with van der Waals surface area (Å²) in [6, 6.07) is 5.44. The van der Waals surface area contributed by atoms with Gasteiger partial charge in [-0.1, -0.05) is 43.0 Å². The predicted molar refractivity (Wildman–Crippen MR) is 96.5 cm³/mol. The van der Waals surface area contributed by atoms with Crippen molar-refractivity contribution < 1.29 is 14.7 Å². The third-order valence-electron chi connectivity index (χ3n) is 5.62. The molecule has 0 spiro atoms. The van der Waals surface area contributed by atoms with Gasteiger partial charge in [0.05, 0.1) is 6.54 Å². The molecular formula is C20H28N2O3. The zero-order chi connectivity index (χ0) is 18.0. The Kier molecular flexibility index (Phi) is 5.42. The Morgan fingerprint density at radius 2 is 1.88 bits per heavy atom. The van der Waals surface area contributed by atoms with Gasteiger partial charge in [-0.25, -0.2) is 0 Å². The molecule has 3 rings (SSSR count). The maximum absolute atomic E-state index is 12.7. The van der Waals surface area contributed by atoms with E-state index in [1.807, 2.05) is 41.8 Å². The first-order valence-electron chi connectivity index (χ1n) is 9.31. The number of hydrogen-bond donors (Lipinski definition) is 1.